The van der Waals surface area contributed by atoms with Crippen molar-refractivity contribution in [2.75, 3.05) is 33.2 Å². The van der Waals surface area contributed by atoms with Gasteiger partial charge in [-0.3, -0.25) is 9.59 Å². The van der Waals surface area contributed by atoms with E-state index < -0.39 is 0 Å². The van der Waals surface area contributed by atoms with Gasteiger partial charge in [-0.05, 0) is 70.1 Å². The summed E-state index contributed by atoms with van der Waals surface area (Å²) in [5, 5.41) is 3.16. The van der Waals surface area contributed by atoms with Crippen LogP contribution < -0.4 is 5.32 Å². The maximum absolute atomic E-state index is 13.0. The normalized spacial score (nSPS) is 22.6. The van der Waals surface area contributed by atoms with E-state index in [0.29, 0.717) is 18.7 Å². The third-order valence-corrected chi connectivity index (χ3v) is 5.24. The van der Waals surface area contributed by atoms with Crippen molar-refractivity contribution in [3.63, 3.8) is 0 Å². The van der Waals surface area contributed by atoms with Crippen molar-refractivity contribution in [1.29, 1.82) is 0 Å². The van der Waals surface area contributed by atoms with Gasteiger partial charge in [-0.15, -0.1) is 0 Å². The molecular weight excluding hydrogens is 321 g/mol. The molecule has 2 fully saturated rings. The smallest absolute Gasteiger partial charge is 0.253 e. The van der Waals surface area contributed by atoms with E-state index in [4.69, 9.17) is 0 Å². The van der Waals surface area contributed by atoms with Gasteiger partial charge in [0.05, 0.1) is 5.92 Å². The van der Waals surface area contributed by atoms with E-state index in [1.807, 2.05) is 0 Å². The van der Waals surface area contributed by atoms with Gasteiger partial charge in [-0.1, -0.05) is 0 Å². The first kappa shape index (κ1) is 17.9. The van der Waals surface area contributed by atoms with Crippen LogP contribution in [0.4, 0.5) is 4.39 Å². The van der Waals surface area contributed by atoms with Gasteiger partial charge in [0.25, 0.3) is 5.91 Å². The lowest BCUT2D eigenvalue weighted by atomic mass is 9.95. The van der Waals surface area contributed by atoms with Gasteiger partial charge < -0.3 is 15.1 Å². The summed E-state index contributed by atoms with van der Waals surface area (Å²) in [5.74, 6) is -0.577. The summed E-state index contributed by atoms with van der Waals surface area (Å²) in [6.07, 6.45) is 3.59. The fourth-order valence-electron chi connectivity index (χ4n) is 3.62. The van der Waals surface area contributed by atoms with Gasteiger partial charge in [0, 0.05) is 24.7 Å². The second-order valence-corrected chi connectivity index (χ2v) is 7.18. The van der Waals surface area contributed by atoms with Crippen LogP contribution in [0.5, 0.6) is 0 Å². The Morgan fingerprint density at radius 2 is 1.76 bits per heavy atom. The lowest BCUT2D eigenvalue weighted by Gasteiger charge is -2.34. The van der Waals surface area contributed by atoms with Crippen LogP contribution in [0.1, 0.15) is 36.0 Å². The van der Waals surface area contributed by atoms with E-state index in [1.54, 1.807) is 4.90 Å². The zero-order chi connectivity index (χ0) is 17.8. The number of hydrogen-bond donors (Lipinski definition) is 1. The fraction of sp³-hybridized carbons (Fsp3) is 0.579. The zero-order valence-electron chi connectivity index (χ0n) is 14.7. The molecule has 5 nitrogen and oxygen atoms in total. The third kappa shape index (κ3) is 4.57. The van der Waals surface area contributed by atoms with Crippen molar-refractivity contribution in [2.24, 2.45) is 5.92 Å². The number of hydrogen-bond acceptors (Lipinski definition) is 3. The Morgan fingerprint density at radius 3 is 2.44 bits per heavy atom. The molecule has 6 heteroatoms. The Hall–Kier alpha value is -1.95. The number of amides is 2. The molecule has 1 aromatic carbocycles. The second kappa shape index (κ2) is 7.95. The first-order chi connectivity index (χ1) is 12.0. The predicted molar refractivity (Wildman–Crippen MR) is 93.7 cm³/mol. The molecule has 0 saturated carbocycles. The molecule has 2 amide bonds. The molecule has 2 saturated heterocycles. The van der Waals surface area contributed by atoms with Crippen LogP contribution >= 0.6 is 0 Å². The minimum Gasteiger partial charge on any atom is -0.353 e. The Bertz CT molecular complexity index is 612. The SMILES string of the molecule is CN1CCC(NC(=O)C2CCCN(C(=O)c3ccc(F)cc3)C2)CC1. The number of likely N-dealkylation sites (tertiary alicyclic amines) is 2. The average Bonchev–Trinajstić information content (AvgIpc) is 2.64. The molecule has 0 bridgehead atoms. The van der Waals surface area contributed by atoms with Gasteiger partial charge in [0.1, 0.15) is 5.82 Å². The highest BCUT2D eigenvalue weighted by atomic mass is 19.1. The summed E-state index contributed by atoms with van der Waals surface area (Å²) in [6.45, 7) is 3.10. The Morgan fingerprint density at radius 1 is 1.08 bits per heavy atom. The number of carbonyl (C=O) groups is 2. The lowest BCUT2D eigenvalue weighted by molar-refractivity contribution is -0.127. The third-order valence-electron chi connectivity index (χ3n) is 5.24. The molecule has 2 aliphatic rings. The number of carbonyl (C=O) groups excluding carboxylic acids is 2. The molecule has 2 aliphatic heterocycles. The molecule has 1 aromatic rings. The van der Waals surface area contributed by atoms with Crippen LogP contribution in [0.15, 0.2) is 24.3 Å². The van der Waals surface area contributed by atoms with Crippen LogP contribution in [-0.2, 0) is 4.79 Å². The van der Waals surface area contributed by atoms with Crippen molar-refractivity contribution in [1.82, 2.24) is 15.1 Å². The standard InChI is InChI=1S/C19H26FN3O2/c1-22-11-8-17(9-12-22)21-18(24)15-3-2-10-23(13-15)19(25)14-4-6-16(20)7-5-14/h4-7,15,17H,2-3,8-13H2,1H3,(H,21,24). The summed E-state index contributed by atoms with van der Waals surface area (Å²) < 4.78 is 13.0. The summed E-state index contributed by atoms with van der Waals surface area (Å²) in [4.78, 5) is 29.1. The molecule has 0 spiro atoms. The second-order valence-electron chi connectivity index (χ2n) is 7.18. The van der Waals surface area contributed by atoms with Crippen molar-refractivity contribution in [2.45, 2.75) is 31.7 Å². The molecule has 1 atom stereocenters. The highest BCUT2D eigenvalue weighted by Crippen LogP contribution is 2.20. The minimum atomic E-state index is -0.356. The van der Waals surface area contributed by atoms with E-state index in [0.717, 1.165) is 38.8 Å². The minimum absolute atomic E-state index is 0.0613. The van der Waals surface area contributed by atoms with Crippen LogP contribution in [0, 0.1) is 11.7 Å². The number of benzene rings is 1. The van der Waals surface area contributed by atoms with E-state index in [1.165, 1.54) is 24.3 Å². The largest absolute Gasteiger partial charge is 0.353 e. The molecule has 25 heavy (non-hydrogen) atoms. The van der Waals surface area contributed by atoms with Crippen molar-refractivity contribution in [3.05, 3.63) is 35.6 Å². The summed E-state index contributed by atoms with van der Waals surface area (Å²) in [5.41, 5.74) is 0.470. The highest BCUT2D eigenvalue weighted by molar-refractivity contribution is 5.94. The van der Waals surface area contributed by atoms with Crippen LogP contribution in [0.3, 0.4) is 0 Å². The van der Waals surface area contributed by atoms with Gasteiger partial charge in [-0.2, -0.15) is 0 Å². The molecule has 0 aromatic heterocycles. The predicted octanol–water partition coefficient (Wildman–Crippen LogP) is 1.89. The maximum atomic E-state index is 13.0. The maximum Gasteiger partial charge on any atom is 0.253 e. The molecule has 0 aliphatic carbocycles. The Labute approximate surface area is 148 Å². The molecule has 136 valence electrons. The summed E-state index contributed by atoms with van der Waals surface area (Å²) in [6, 6.07) is 5.83. The van der Waals surface area contributed by atoms with Gasteiger partial charge in [-0.25, -0.2) is 4.39 Å². The number of piperidine rings is 2. The molecule has 0 radical (unpaired) electrons. The Balaban J connectivity index is 1.56. The monoisotopic (exact) mass is 347 g/mol. The fourth-order valence-corrected chi connectivity index (χ4v) is 3.62. The average molecular weight is 347 g/mol. The van der Waals surface area contributed by atoms with Crippen LogP contribution in [0.2, 0.25) is 0 Å². The van der Waals surface area contributed by atoms with Crippen molar-refractivity contribution < 1.29 is 14.0 Å². The lowest BCUT2D eigenvalue weighted by Crippen LogP contribution is -2.49. The van der Waals surface area contributed by atoms with E-state index >= 15 is 0 Å². The quantitative estimate of drug-likeness (QED) is 0.908. The highest BCUT2D eigenvalue weighted by Gasteiger charge is 2.30. The van der Waals surface area contributed by atoms with Gasteiger partial charge in [0.2, 0.25) is 5.91 Å². The van der Waals surface area contributed by atoms with Crippen LogP contribution in [0.25, 0.3) is 0 Å². The molecular formula is C19H26FN3O2. The van der Waals surface area contributed by atoms with Crippen molar-refractivity contribution in [3.8, 4) is 0 Å². The number of nitrogens with one attached hydrogen (secondary N) is 1. The van der Waals surface area contributed by atoms with Crippen molar-refractivity contribution >= 4 is 11.8 Å². The summed E-state index contributed by atoms with van der Waals surface area (Å²) in [7, 11) is 2.10. The Kier molecular flexibility index (Phi) is 5.68. The van der Waals surface area contributed by atoms with E-state index in [-0.39, 0.29) is 29.6 Å². The van der Waals surface area contributed by atoms with Gasteiger partial charge >= 0.3 is 0 Å². The first-order valence-corrected chi connectivity index (χ1v) is 9.06. The number of rotatable bonds is 3. The molecule has 3 rings (SSSR count). The number of nitrogens with zero attached hydrogens (tertiary/aromatic N) is 2. The van der Waals surface area contributed by atoms with E-state index in [2.05, 4.69) is 17.3 Å². The molecule has 2 heterocycles. The van der Waals surface area contributed by atoms with Gasteiger partial charge in [0.15, 0.2) is 0 Å². The van der Waals surface area contributed by atoms with E-state index in [9.17, 15) is 14.0 Å². The molecule has 1 N–H and O–H groups in total. The number of halogens is 1. The topological polar surface area (TPSA) is 52.7 Å². The van der Waals surface area contributed by atoms with Crippen LogP contribution in [-0.4, -0.2) is 60.9 Å². The first-order valence-electron chi connectivity index (χ1n) is 9.06. The molecule has 1 unspecified atom stereocenters. The summed E-state index contributed by atoms with van der Waals surface area (Å²) >= 11 is 0. The zero-order valence-corrected chi connectivity index (χ0v) is 14.7.